The van der Waals surface area contributed by atoms with E-state index in [0.29, 0.717) is 6.04 Å². The van der Waals surface area contributed by atoms with Crippen molar-refractivity contribution in [2.45, 2.75) is 70.4 Å². The van der Waals surface area contributed by atoms with Gasteiger partial charge in [0.1, 0.15) is 0 Å². The summed E-state index contributed by atoms with van der Waals surface area (Å²) in [6, 6.07) is 11.1. The highest BCUT2D eigenvalue weighted by Gasteiger charge is 2.19. The van der Waals surface area contributed by atoms with Crippen molar-refractivity contribution in [3.8, 4) is 0 Å². The van der Waals surface area contributed by atoms with Crippen LogP contribution in [0.25, 0.3) is 0 Å². The van der Waals surface area contributed by atoms with E-state index in [-0.39, 0.29) is 6.10 Å². The second kappa shape index (κ2) is 11.1. The van der Waals surface area contributed by atoms with E-state index in [1.54, 1.807) is 0 Å². The second-order valence-electron chi connectivity index (χ2n) is 6.71. The molecule has 3 N–H and O–H groups in total. The number of unbranched alkanes of at least 4 members (excludes halogenated alkanes) is 2. The van der Waals surface area contributed by atoms with Crippen LogP contribution in [0.4, 0.5) is 0 Å². The molecule has 1 aliphatic rings. The molecule has 4 heteroatoms. The summed E-state index contributed by atoms with van der Waals surface area (Å²) in [4.78, 5) is 4.70. The smallest absolute Gasteiger partial charge is 0.191 e. The third-order valence-electron chi connectivity index (χ3n) is 4.62. The zero-order valence-electron chi connectivity index (χ0n) is 15.0. The average molecular weight is 332 g/mol. The minimum Gasteiger partial charge on any atom is -0.393 e. The summed E-state index contributed by atoms with van der Waals surface area (Å²) in [7, 11) is 0. The van der Waals surface area contributed by atoms with Gasteiger partial charge in [0.15, 0.2) is 5.96 Å². The summed E-state index contributed by atoms with van der Waals surface area (Å²) >= 11 is 0. The van der Waals surface area contributed by atoms with Crippen molar-refractivity contribution in [3.05, 3.63) is 35.9 Å². The number of aliphatic imine (C=N–C) groups is 1. The van der Waals surface area contributed by atoms with Gasteiger partial charge in [-0.25, -0.2) is 0 Å². The van der Waals surface area contributed by atoms with Gasteiger partial charge in [0.25, 0.3) is 0 Å². The summed E-state index contributed by atoms with van der Waals surface area (Å²) in [6.07, 6.45) is 8.49. The third-order valence-corrected chi connectivity index (χ3v) is 4.62. The molecule has 1 aromatic carbocycles. The van der Waals surface area contributed by atoms with Gasteiger partial charge in [-0.1, -0.05) is 36.8 Å². The summed E-state index contributed by atoms with van der Waals surface area (Å²) in [6.45, 7) is 3.86. The van der Waals surface area contributed by atoms with Gasteiger partial charge in [0, 0.05) is 19.1 Å². The lowest BCUT2D eigenvalue weighted by atomic mass is 9.93. The number of aliphatic hydroxyl groups excluding tert-OH is 1. The Hall–Kier alpha value is -1.55. The zero-order valence-corrected chi connectivity index (χ0v) is 15.0. The first-order valence-corrected chi connectivity index (χ1v) is 9.54. The number of nitrogens with zero attached hydrogens (tertiary/aromatic N) is 1. The van der Waals surface area contributed by atoms with E-state index in [1.807, 2.05) is 0 Å². The molecule has 1 aromatic rings. The van der Waals surface area contributed by atoms with Gasteiger partial charge in [-0.15, -0.1) is 0 Å². The molecule has 0 radical (unpaired) electrons. The fourth-order valence-corrected chi connectivity index (χ4v) is 3.19. The van der Waals surface area contributed by atoms with Crippen LogP contribution >= 0.6 is 0 Å². The predicted molar refractivity (Wildman–Crippen MR) is 101 cm³/mol. The Kier molecular flexibility index (Phi) is 8.67. The molecule has 1 fully saturated rings. The minimum atomic E-state index is -0.104. The maximum absolute atomic E-state index is 9.60. The quantitative estimate of drug-likeness (QED) is 0.389. The molecule has 0 spiro atoms. The SMILES string of the molecule is CCNC(=NCCCCCc1ccccc1)NC1CCC(O)CC1. The summed E-state index contributed by atoms with van der Waals surface area (Å²) < 4.78 is 0. The van der Waals surface area contributed by atoms with Crippen molar-refractivity contribution >= 4 is 5.96 Å². The predicted octanol–water partition coefficient (Wildman–Crippen LogP) is 3.26. The minimum absolute atomic E-state index is 0.104. The van der Waals surface area contributed by atoms with Gasteiger partial charge >= 0.3 is 0 Å². The van der Waals surface area contributed by atoms with Gasteiger partial charge in [-0.2, -0.15) is 0 Å². The molecule has 134 valence electrons. The topological polar surface area (TPSA) is 56.7 Å². The Morgan fingerprint density at radius 2 is 1.83 bits per heavy atom. The van der Waals surface area contributed by atoms with Crippen LogP contribution in [0.1, 0.15) is 57.4 Å². The molecular formula is C20H33N3O. The molecule has 0 aliphatic heterocycles. The summed E-state index contributed by atoms with van der Waals surface area (Å²) in [5.41, 5.74) is 1.43. The second-order valence-corrected chi connectivity index (χ2v) is 6.71. The maximum Gasteiger partial charge on any atom is 0.191 e. The number of nitrogens with one attached hydrogen (secondary N) is 2. The van der Waals surface area contributed by atoms with Crippen LogP contribution in [-0.4, -0.2) is 36.3 Å². The van der Waals surface area contributed by atoms with Gasteiger partial charge in [0.05, 0.1) is 6.10 Å². The molecule has 0 bridgehead atoms. The van der Waals surface area contributed by atoms with E-state index in [1.165, 1.54) is 18.4 Å². The van der Waals surface area contributed by atoms with E-state index in [2.05, 4.69) is 47.9 Å². The first-order chi connectivity index (χ1) is 11.8. The first kappa shape index (κ1) is 18.8. The summed E-state index contributed by atoms with van der Waals surface area (Å²) in [5, 5.41) is 16.5. The molecule has 1 aliphatic carbocycles. The molecule has 0 unspecified atom stereocenters. The molecular weight excluding hydrogens is 298 g/mol. The lowest BCUT2D eigenvalue weighted by Crippen LogP contribution is -2.45. The van der Waals surface area contributed by atoms with Crippen molar-refractivity contribution in [1.29, 1.82) is 0 Å². The zero-order chi connectivity index (χ0) is 17.0. The fraction of sp³-hybridized carbons (Fsp3) is 0.650. The lowest BCUT2D eigenvalue weighted by Gasteiger charge is -2.27. The lowest BCUT2D eigenvalue weighted by molar-refractivity contribution is 0.120. The Bertz CT molecular complexity index is 467. The van der Waals surface area contributed by atoms with Crippen LogP contribution in [0.3, 0.4) is 0 Å². The third kappa shape index (κ3) is 7.35. The fourth-order valence-electron chi connectivity index (χ4n) is 3.19. The molecule has 24 heavy (non-hydrogen) atoms. The Labute approximate surface area is 146 Å². The van der Waals surface area contributed by atoms with Crippen molar-refractivity contribution in [2.75, 3.05) is 13.1 Å². The van der Waals surface area contributed by atoms with Gasteiger partial charge in [-0.05, 0) is 57.4 Å². The van der Waals surface area contributed by atoms with E-state index >= 15 is 0 Å². The highest BCUT2D eigenvalue weighted by Crippen LogP contribution is 2.18. The van der Waals surface area contributed by atoms with Crippen molar-refractivity contribution in [2.24, 2.45) is 4.99 Å². The average Bonchev–Trinajstić information content (AvgIpc) is 2.61. The molecule has 1 saturated carbocycles. The van der Waals surface area contributed by atoms with Crippen LogP contribution in [0.5, 0.6) is 0 Å². The van der Waals surface area contributed by atoms with Crippen LogP contribution in [0.15, 0.2) is 35.3 Å². The molecule has 0 amide bonds. The van der Waals surface area contributed by atoms with E-state index in [0.717, 1.165) is 57.6 Å². The number of aryl methyl sites for hydroxylation is 1. The van der Waals surface area contributed by atoms with Crippen molar-refractivity contribution in [3.63, 3.8) is 0 Å². The Balaban J connectivity index is 1.63. The van der Waals surface area contributed by atoms with Crippen LogP contribution in [0.2, 0.25) is 0 Å². The molecule has 0 saturated heterocycles. The van der Waals surface area contributed by atoms with Crippen LogP contribution < -0.4 is 10.6 Å². The van der Waals surface area contributed by atoms with Crippen molar-refractivity contribution < 1.29 is 5.11 Å². The Morgan fingerprint density at radius 3 is 2.54 bits per heavy atom. The monoisotopic (exact) mass is 331 g/mol. The Morgan fingerprint density at radius 1 is 1.08 bits per heavy atom. The van der Waals surface area contributed by atoms with Gasteiger partial charge in [0.2, 0.25) is 0 Å². The molecule has 0 aromatic heterocycles. The number of benzene rings is 1. The summed E-state index contributed by atoms with van der Waals surface area (Å²) in [5.74, 6) is 0.932. The number of hydrogen-bond acceptors (Lipinski definition) is 2. The highest BCUT2D eigenvalue weighted by atomic mass is 16.3. The number of aliphatic hydroxyl groups is 1. The molecule has 0 heterocycles. The largest absolute Gasteiger partial charge is 0.393 e. The number of hydrogen-bond donors (Lipinski definition) is 3. The van der Waals surface area contributed by atoms with Gasteiger partial charge < -0.3 is 15.7 Å². The van der Waals surface area contributed by atoms with E-state index in [9.17, 15) is 5.11 Å². The number of rotatable bonds is 8. The highest BCUT2D eigenvalue weighted by molar-refractivity contribution is 5.80. The number of guanidine groups is 1. The van der Waals surface area contributed by atoms with Crippen molar-refractivity contribution in [1.82, 2.24) is 10.6 Å². The molecule has 4 nitrogen and oxygen atoms in total. The first-order valence-electron chi connectivity index (χ1n) is 9.54. The standard InChI is InChI=1S/C20H33N3O/c1-2-21-20(23-18-12-14-19(24)15-13-18)22-16-8-4-7-11-17-9-5-3-6-10-17/h3,5-6,9-10,18-19,24H,2,4,7-8,11-16H2,1H3,(H2,21,22,23). The van der Waals surface area contributed by atoms with Crippen LogP contribution in [0, 0.1) is 0 Å². The maximum atomic E-state index is 9.60. The van der Waals surface area contributed by atoms with E-state index < -0.39 is 0 Å². The molecule has 0 atom stereocenters. The van der Waals surface area contributed by atoms with E-state index in [4.69, 9.17) is 4.99 Å². The van der Waals surface area contributed by atoms with Crippen LogP contribution in [-0.2, 0) is 6.42 Å². The normalized spacial score (nSPS) is 21.5. The molecule has 2 rings (SSSR count). The van der Waals surface area contributed by atoms with Gasteiger partial charge in [-0.3, -0.25) is 4.99 Å².